The maximum Gasteiger partial charge on any atom is 0.138 e. The Bertz CT molecular complexity index is 629. The maximum absolute atomic E-state index is 6.29. The minimum absolute atomic E-state index is 0.375. The van der Waals surface area contributed by atoms with E-state index in [4.69, 9.17) is 33.7 Å². The molecule has 2 aromatic carbocycles. The monoisotopic (exact) mass is 437 g/mol. The summed E-state index contributed by atoms with van der Waals surface area (Å²) in [6, 6.07) is 8.88. The molecule has 2 rings (SSSR count). The summed E-state index contributed by atoms with van der Waals surface area (Å²) in [6.45, 7) is 0. The molecule has 0 aliphatic heterocycles. The largest absolute Gasteiger partial charge is 0.495 e. The Balaban J connectivity index is 2.47. The van der Waals surface area contributed by atoms with Gasteiger partial charge in [-0.1, -0.05) is 55.1 Å². The smallest absolute Gasteiger partial charge is 0.138 e. The minimum atomic E-state index is -0.375. The quantitative estimate of drug-likeness (QED) is 0.678. The van der Waals surface area contributed by atoms with Gasteiger partial charge in [-0.05, 0) is 35.4 Å². The number of benzene rings is 2. The molecule has 0 spiro atoms. The normalized spacial score (nSPS) is 12.3. The topological polar surface area (TPSA) is 35.2 Å². The van der Waals surface area contributed by atoms with Crippen LogP contribution in [-0.4, -0.2) is 7.11 Å². The molecule has 1 unspecified atom stereocenters. The van der Waals surface area contributed by atoms with Gasteiger partial charge in [-0.25, -0.2) is 0 Å². The van der Waals surface area contributed by atoms with Gasteiger partial charge in [0.05, 0.1) is 18.2 Å². The van der Waals surface area contributed by atoms with Crippen LogP contribution in [0.15, 0.2) is 39.3 Å². The maximum atomic E-state index is 6.29. The highest BCUT2D eigenvalue weighted by Gasteiger charge is 2.16. The van der Waals surface area contributed by atoms with E-state index in [9.17, 15) is 0 Å². The molecule has 0 saturated heterocycles. The molecule has 1 atom stereocenters. The van der Waals surface area contributed by atoms with Gasteiger partial charge in [0.15, 0.2) is 0 Å². The molecule has 0 aliphatic carbocycles. The van der Waals surface area contributed by atoms with Gasteiger partial charge in [0, 0.05) is 20.0 Å². The van der Waals surface area contributed by atoms with Gasteiger partial charge in [-0.2, -0.15) is 0 Å². The number of rotatable bonds is 3. The van der Waals surface area contributed by atoms with Crippen LogP contribution in [0.25, 0.3) is 0 Å². The second-order valence-corrected chi connectivity index (χ2v) is 6.83. The van der Waals surface area contributed by atoms with Crippen LogP contribution in [0.1, 0.15) is 17.2 Å². The van der Waals surface area contributed by atoms with E-state index < -0.39 is 0 Å². The number of methoxy groups -OCH3 is 1. The average Bonchev–Trinajstić information content (AvgIpc) is 2.39. The van der Waals surface area contributed by atoms with Crippen molar-refractivity contribution < 1.29 is 4.74 Å². The number of hydrogen-bond acceptors (Lipinski definition) is 2. The molecule has 0 heterocycles. The Morgan fingerprint density at radius 1 is 1.00 bits per heavy atom. The van der Waals surface area contributed by atoms with Crippen LogP contribution in [0.3, 0.4) is 0 Å². The van der Waals surface area contributed by atoms with Crippen molar-refractivity contribution in [1.82, 2.24) is 0 Å². The zero-order valence-corrected chi connectivity index (χ0v) is 15.1. The van der Waals surface area contributed by atoms with Crippen molar-refractivity contribution in [3.63, 3.8) is 0 Å². The predicted molar refractivity (Wildman–Crippen MR) is 90.9 cm³/mol. The number of nitrogens with two attached hydrogens (primary N) is 1. The number of hydrogen-bond donors (Lipinski definition) is 1. The van der Waals surface area contributed by atoms with Crippen molar-refractivity contribution in [3.8, 4) is 5.75 Å². The van der Waals surface area contributed by atoms with Crippen LogP contribution >= 0.6 is 55.1 Å². The molecule has 6 heteroatoms. The first kappa shape index (κ1) is 16.1. The summed E-state index contributed by atoms with van der Waals surface area (Å²) in [5, 5.41) is 1.01. The van der Waals surface area contributed by atoms with Crippen molar-refractivity contribution >= 4 is 55.1 Å². The van der Waals surface area contributed by atoms with Gasteiger partial charge < -0.3 is 10.5 Å². The highest BCUT2D eigenvalue weighted by atomic mass is 79.9. The Morgan fingerprint density at radius 3 is 2.15 bits per heavy atom. The van der Waals surface area contributed by atoms with Gasteiger partial charge in [0.1, 0.15) is 5.75 Å². The summed E-state index contributed by atoms with van der Waals surface area (Å²) in [5.74, 6) is 0.531. The molecule has 0 fully saturated rings. The molecule has 20 heavy (non-hydrogen) atoms. The molecule has 0 saturated carbocycles. The summed E-state index contributed by atoms with van der Waals surface area (Å²) in [6.07, 6.45) is 0. The lowest BCUT2D eigenvalue weighted by Gasteiger charge is -2.17. The summed E-state index contributed by atoms with van der Waals surface area (Å²) in [5.41, 5.74) is 7.97. The van der Waals surface area contributed by atoms with Crippen molar-refractivity contribution in [2.45, 2.75) is 6.04 Å². The average molecular weight is 440 g/mol. The molecular formula is C14H11Br2Cl2NO. The van der Waals surface area contributed by atoms with Crippen LogP contribution in [0, 0.1) is 0 Å². The SMILES string of the molecule is COc1cc(Cl)c(C(N)c2cc(Br)cc(Br)c2)cc1Cl. The zero-order valence-electron chi connectivity index (χ0n) is 10.5. The van der Waals surface area contributed by atoms with Gasteiger partial charge in [0.2, 0.25) is 0 Å². The van der Waals surface area contributed by atoms with Gasteiger partial charge >= 0.3 is 0 Å². The van der Waals surface area contributed by atoms with Crippen molar-refractivity contribution in [1.29, 1.82) is 0 Å². The first-order valence-corrected chi connectivity index (χ1v) is 8.01. The van der Waals surface area contributed by atoms with Crippen LogP contribution in [-0.2, 0) is 0 Å². The Morgan fingerprint density at radius 2 is 1.60 bits per heavy atom. The molecule has 0 aromatic heterocycles. The Labute approximate surface area is 144 Å². The lowest BCUT2D eigenvalue weighted by Crippen LogP contribution is -2.12. The summed E-state index contributed by atoms with van der Waals surface area (Å²) >= 11 is 19.3. The lowest BCUT2D eigenvalue weighted by molar-refractivity contribution is 0.415. The first-order valence-electron chi connectivity index (χ1n) is 5.67. The molecule has 2 nitrogen and oxygen atoms in total. The van der Waals surface area contributed by atoms with Crippen LogP contribution < -0.4 is 10.5 Å². The standard InChI is InChI=1S/C14H11Br2Cl2NO/c1-20-13-6-11(17)10(5-12(13)18)14(19)7-2-8(15)4-9(16)3-7/h2-6,14H,19H2,1H3. The number of halogens is 4. The minimum Gasteiger partial charge on any atom is -0.495 e. The summed E-state index contributed by atoms with van der Waals surface area (Å²) in [4.78, 5) is 0. The van der Waals surface area contributed by atoms with E-state index in [-0.39, 0.29) is 6.04 Å². The Kier molecular flexibility index (Phi) is 5.37. The molecule has 0 amide bonds. The third-order valence-electron chi connectivity index (χ3n) is 2.85. The Hall–Kier alpha value is -0.260. The fourth-order valence-electron chi connectivity index (χ4n) is 1.87. The van der Waals surface area contributed by atoms with Gasteiger partial charge in [-0.3, -0.25) is 0 Å². The van der Waals surface area contributed by atoms with Crippen LogP contribution in [0.5, 0.6) is 5.75 Å². The predicted octanol–water partition coefficient (Wildman–Crippen LogP) is 5.58. The molecule has 0 radical (unpaired) electrons. The second kappa shape index (κ2) is 6.67. The third-order valence-corrected chi connectivity index (χ3v) is 4.39. The summed E-state index contributed by atoms with van der Waals surface area (Å²) < 4.78 is 7.01. The highest BCUT2D eigenvalue weighted by Crippen LogP contribution is 2.36. The third kappa shape index (κ3) is 3.49. The molecule has 0 aliphatic rings. The van der Waals surface area contributed by atoms with E-state index in [2.05, 4.69) is 31.9 Å². The first-order chi connectivity index (χ1) is 9.42. The molecular weight excluding hydrogens is 429 g/mol. The van der Waals surface area contributed by atoms with E-state index in [1.807, 2.05) is 18.2 Å². The van der Waals surface area contributed by atoms with E-state index in [0.717, 1.165) is 20.1 Å². The summed E-state index contributed by atoms with van der Waals surface area (Å²) in [7, 11) is 1.54. The van der Waals surface area contributed by atoms with Crippen molar-refractivity contribution in [2.24, 2.45) is 5.73 Å². The molecule has 2 N–H and O–H groups in total. The van der Waals surface area contributed by atoms with E-state index in [1.54, 1.807) is 19.2 Å². The fourth-order valence-corrected chi connectivity index (χ4v) is 3.72. The van der Waals surface area contributed by atoms with Crippen molar-refractivity contribution in [3.05, 3.63) is 60.4 Å². The van der Waals surface area contributed by atoms with E-state index in [1.165, 1.54) is 0 Å². The zero-order chi connectivity index (χ0) is 14.9. The highest BCUT2D eigenvalue weighted by molar-refractivity contribution is 9.11. The molecule has 0 bridgehead atoms. The van der Waals surface area contributed by atoms with Gasteiger partial charge in [-0.15, -0.1) is 0 Å². The second-order valence-electron chi connectivity index (χ2n) is 4.19. The van der Waals surface area contributed by atoms with E-state index in [0.29, 0.717) is 15.8 Å². The van der Waals surface area contributed by atoms with Gasteiger partial charge in [0.25, 0.3) is 0 Å². The lowest BCUT2D eigenvalue weighted by atomic mass is 9.99. The molecule has 2 aromatic rings. The number of ether oxygens (including phenoxy) is 1. The van der Waals surface area contributed by atoms with Crippen LogP contribution in [0.4, 0.5) is 0 Å². The van der Waals surface area contributed by atoms with Crippen molar-refractivity contribution in [2.75, 3.05) is 7.11 Å². The fraction of sp³-hybridized carbons (Fsp3) is 0.143. The van der Waals surface area contributed by atoms with Crippen LogP contribution in [0.2, 0.25) is 10.0 Å². The molecule has 106 valence electrons. The van der Waals surface area contributed by atoms with E-state index >= 15 is 0 Å².